The molecule has 3 aromatic rings. The van der Waals surface area contributed by atoms with Gasteiger partial charge in [0.15, 0.2) is 23.8 Å². The number of carbonyl (C=O) groups excluding carboxylic acids is 3. The molecule has 0 spiro atoms. The number of alkyl carbamates (subject to hydrolysis) is 1. The Morgan fingerprint density at radius 2 is 1.86 bits per heavy atom. The summed E-state index contributed by atoms with van der Waals surface area (Å²) < 4.78 is 17.4. The molecular formula is C27H33N7O9. The number of carbonyl (C=O) groups is 4. The van der Waals surface area contributed by atoms with Crippen LogP contribution in [0.2, 0.25) is 0 Å². The summed E-state index contributed by atoms with van der Waals surface area (Å²) in [6, 6.07) is 6.14. The van der Waals surface area contributed by atoms with Crippen molar-refractivity contribution < 1.29 is 43.6 Å². The normalized spacial score (nSPS) is 20.7. The highest BCUT2D eigenvalue weighted by atomic mass is 16.6. The fraction of sp³-hybridized carbons (Fsp3) is 0.444. The summed E-state index contributed by atoms with van der Waals surface area (Å²) in [6.07, 6.45) is -3.62. The van der Waals surface area contributed by atoms with Crippen LogP contribution in [0.3, 0.4) is 0 Å². The zero-order valence-corrected chi connectivity index (χ0v) is 23.7. The molecule has 2 amide bonds. The molecule has 0 aliphatic carbocycles. The average molecular weight is 600 g/mol. The first-order chi connectivity index (χ1) is 20.3. The molecule has 0 saturated carbocycles. The molecule has 16 heteroatoms. The van der Waals surface area contributed by atoms with Gasteiger partial charge in [0.25, 0.3) is 0 Å². The SMILES string of the molecule is CC(C)(C)OC(=O)NC(CCC(=O)OCc1ccccc1)C(=O)N[C@H]1[C@@H](O)[C@H](n2cnc3c(N)ncnc32)O[C@@H]1C(=O)O. The van der Waals surface area contributed by atoms with Crippen molar-refractivity contribution in [1.29, 1.82) is 0 Å². The van der Waals surface area contributed by atoms with Crippen LogP contribution in [0, 0.1) is 0 Å². The van der Waals surface area contributed by atoms with Crippen molar-refractivity contribution in [2.24, 2.45) is 0 Å². The molecule has 230 valence electrons. The second-order valence-corrected chi connectivity index (χ2v) is 10.8. The Morgan fingerprint density at radius 1 is 1.14 bits per heavy atom. The van der Waals surface area contributed by atoms with Crippen molar-refractivity contribution in [2.75, 3.05) is 5.73 Å². The first-order valence-electron chi connectivity index (χ1n) is 13.3. The number of aliphatic hydroxyl groups is 1. The fourth-order valence-corrected chi connectivity index (χ4v) is 4.39. The highest BCUT2D eigenvalue weighted by Crippen LogP contribution is 2.32. The second-order valence-electron chi connectivity index (χ2n) is 10.8. The van der Waals surface area contributed by atoms with Gasteiger partial charge in [-0.2, -0.15) is 0 Å². The molecule has 6 N–H and O–H groups in total. The number of carboxylic acid groups (broad SMARTS) is 1. The van der Waals surface area contributed by atoms with E-state index in [4.69, 9.17) is 19.9 Å². The molecule has 4 rings (SSSR count). The molecular weight excluding hydrogens is 566 g/mol. The molecule has 0 radical (unpaired) electrons. The van der Waals surface area contributed by atoms with E-state index in [1.165, 1.54) is 17.2 Å². The number of aliphatic hydroxyl groups excluding tert-OH is 1. The number of ether oxygens (including phenoxy) is 3. The number of anilines is 1. The lowest BCUT2D eigenvalue weighted by Crippen LogP contribution is -2.56. The first kappa shape index (κ1) is 31.1. The van der Waals surface area contributed by atoms with Crippen LogP contribution in [0.4, 0.5) is 10.6 Å². The van der Waals surface area contributed by atoms with Crippen molar-refractivity contribution in [3.63, 3.8) is 0 Å². The maximum Gasteiger partial charge on any atom is 0.408 e. The van der Waals surface area contributed by atoms with E-state index < -0.39 is 60.1 Å². The number of aromatic nitrogens is 4. The highest BCUT2D eigenvalue weighted by molar-refractivity contribution is 5.87. The second kappa shape index (κ2) is 13.0. The lowest BCUT2D eigenvalue weighted by molar-refractivity contribution is -0.152. The molecule has 1 unspecified atom stereocenters. The minimum absolute atomic E-state index is 0.0167. The molecule has 3 heterocycles. The number of nitrogens with two attached hydrogens (primary N) is 1. The number of amides is 2. The van der Waals surface area contributed by atoms with Gasteiger partial charge in [-0.3, -0.25) is 14.2 Å². The van der Waals surface area contributed by atoms with E-state index in [9.17, 15) is 29.4 Å². The van der Waals surface area contributed by atoms with Gasteiger partial charge in [0.05, 0.1) is 12.4 Å². The molecule has 43 heavy (non-hydrogen) atoms. The lowest BCUT2D eigenvalue weighted by atomic mass is 10.0. The van der Waals surface area contributed by atoms with Gasteiger partial charge in [-0.1, -0.05) is 30.3 Å². The monoisotopic (exact) mass is 599 g/mol. The summed E-state index contributed by atoms with van der Waals surface area (Å²) in [5.41, 5.74) is 6.07. The van der Waals surface area contributed by atoms with Gasteiger partial charge >= 0.3 is 18.0 Å². The zero-order chi connectivity index (χ0) is 31.3. The number of hydrogen-bond acceptors (Lipinski definition) is 12. The largest absolute Gasteiger partial charge is 0.479 e. The molecule has 1 saturated heterocycles. The molecule has 1 aliphatic heterocycles. The Balaban J connectivity index is 1.49. The smallest absolute Gasteiger partial charge is 0.408 e. The van der Waals surface area contributed by atoms with E-state index in [2.05, 4.69) is 25.6 Å². The van der Waals surface area contributed by atoms with Crippen molar-refractivity contribution in [3.05, 3.63) is 48.5 Å². The van der Waals surface area contributed by atoms with Crippen molar-refractivity contribution >= 4 is 40.9 Å². The summed E-state index contributed by atoms with van der Waals surface area (Å²) in [6.45, 7) is 4.91. The number of fused-ring (bicyclic) bond motifs is 1. The van der Waals surface area contributed by atoms with Crippen molar-refractivity contribution in [2.45, 2.75) is 76.3 Å². The number of aliphatic carboxylic acids is 1. The standard InChI is InChI=1S/C27H33N7O9/c1-27(2,3)43-26(40)32-15(9-10-16(35)41-11-14-7-5-4-6-8-14)23(37)33-17-19(36)24(42-20(17)25(38)39)34-13-31-18-21(28)29-12-30-22(18)34/h4-8,12-13,15,17,19-20,24,36H,9-11H2,1-3H3,(H,32,40)(H,33,37)(H,38,39)(H2,28,29,30)/t15?,17-,19+,20-,24+/m0/s1. The minimum atomic E-state index is -1.70. The number of hydrogen-bond donors (Lipinski definition) is 5. The van der Waals surface area contributed by atoms with Crippen LogP contribution in [-0.2, 0) is 35.2 Å². The van der Waals surface area contributed by atoms with Crippen LogP contribution >= 0.6 is 0 Å². The third kappa shape index (κ3) is 7.72. The van der Waals surface area contributed by atoms with E-state index in [1.807, 2.05) is 6.07 Å². The number of nitrogens with zero attached hydrogens (tertiary/aromatic N) is 4. The van der Waals surface area contributed by atoms with Crippen LogP contribution in [0.25, 0.3) is 11.2 Å². The predicted octanol–water partition coefficient (Wildman–Crippen LogP) is 0.653. The topological polar surface area (TPSA) is 230 Å². The van der Waals surface area contributed by atoms with Gasteiger partial charge in [0.1, 0.15) is 36.2 Å². The van der Waals surface area contributed by atoms with Gasteiger partial charge in [0.2, 0.25) is 5.91 Å². The number of benzene rings is 1. The Morgan fingerprint density at radius 3 is 2.53 bits per heavy atom. The van der Waals surface area contributed by atoms with E-state index in [0.717, 1.165) is 5.56 Å². The highest BCUT2D eigenvalue weighted by Gasteiger charge is 2.50. The minimum Gasteiger partial charge on any atom is -0.479 e. The molecule has 0 bridgehead atoms. The van der Waals surface area contributed by atoms with Crippen LogP contribution in [0.1, 0.15) is 45.4 Å². The number of rotatable bonds is 10. The van der Waals surface area contributed by atoms with Gasteiger partial charge in [-0.25, -0.2) is 24.5 Å². The summed E-state index contributed by atoms with van der Waals surface area (Å²) in [4.78, 5) is 62.5. The van der Waals surface area contributed by atoms with Gasteiger partial charge < -0.3 is 40.8 Å². The number of imidazole rings is 1. The molecule has 1 aromatic carbocycles. The van der Waals surface area contributed by atoms with Crippen LogP contribution in [0.5, 0.6) is 0 Å². The molecule has 2 aromatic heterocycles. The quantitative estimate of drug-likeness (QED) is 0.202. The van der Waals surface area contributed by atoms with Gasteiger partial charge in [-0.05, 0) is 32.8 Å². The van der Waals surface area contributed by atoms with Crippen LogP contribution in [-0.4, -0.2) is 83.6 Å². The number of nitrogen functional groups attached to an aromatic ring is 1. The Labute approximate surface area is 245 Å². The third-order valence-electron chi connectivity index (χ3n) is 6.37. The van der Waals surface area contributed by atoms with Crippen molar-refractivity contribution in [1.82, 2.24) is 30.2 Å². The first-order valence-corrected chi connectivity index (χ1v) is 13.3. The summed E-state index contributed by atoms with van der Waals surface area (Å²) in [5.74, 6) is -2.92. The number of esters is 1. The maximum absolute atomic E-state index is 13.4. The molecule has 5 atom stereocenters. The molecule has 16 nitrogen and oxygen atoms in total. The van der Waals surface area contributed by atoms with E-state index in [-0.39, 0.29) is 36.4 Å². The molecule has 1 fully saturated rings. The zero-order valence-electron chi connectivity index (χ0n) is 23.7. The van der Waals surface area contributed by atoms with Gasteiger partial charge in [0, 0.05) is 6.42 Å². The predicted molar refractivity (Wildman–Crippen MR) is 148 cm³/mol. The van der Waals surface area contributed by atoms with E-state index >= 15 is 0 Å². The Bertz CT molecular complexity index is 1470. The summed E-state index contributed by atoms with van der Waals surface area (Å²) in [7, 11) is 0. The summed E-state index contributed by atoms with van der Waals surface area (Å²) >= 11 is 0. The maximum atomic E-state index is 13.4. The number of nitrogens with one attached hydrogen (secondary N) is 2. The lowest BCUT2D eigenvalue weighted by Gasteiger charge is -2.26. The van der Waals surface area contributed by atoms with E-state index in [0.29, 0.717) is 0 Å². The summed E-state index contributed by atoms with van der Waals surface area (Å²) in [5, 5.41) is 25.8. The average Bonchev–Trinajstić information content (AvgIpc) is 3.51. The number of carboxylic acids is 1. The van der Waals surface area contributed by atoms with E-state index in [1.54, 1.807) is 45.0 Å². The van der Waals surface area contributed by atoms with Crippen LogP contribution in [0.15, 0.2) is 43.0 Å². The third-order valence-corrected chi connectivity index (χ3v) is 6.37. The van der Waals surface area contributed by atoms with Crippen LogP contribution < -0.4 is 16.4 Å². The molecule has 1 aliphatic rings. The Hall–Kier alpha value is -4.83. The fourth-order valence-electron chi connectivity index (χ4n) is 4.39. The van der Waals surface area contributed by atoms with Gasteiger partial charge in [-0.15, -0.1) is 0 Å². The Kier molecular flexibility index (Phi) is 9.40. The van der Waals surface area contributed by atoms with Crippen molar-refractivity contribution in [3.8, 4) is 0 Å².